The van der Waals surface area contributed by atoms with Crippen molar-refractivity contribution in [3.05, 3.63) is 67.5 Å². The third-order valence-electron chi connectivity index (χ3n) is 1.93. The molecule has 18 heavy (non-hydrogen) atoms. The average molecular weight is 241 g/mol. The molecule has 0 aliphatic carbocycles. The van der Waals surface area contributed by atoms with E-state index in [1.54, 1.807) is 36.7 Å². The van der Waals surface area contributed by atoms with Gasteiger partial charge < -0.3 is 11.1 Å². The van der Waals surface area contributed by atoms with Gasteiger partial charge in [-0.3, -0.25) is 9.78 Å². The van der Waals surface area contributed by atoms with Crippen molar-refractivity contribution in [1.29, 1.82) is 0 Å². The molecule has 0 saturated carbocycles. The highest BCUT2D eigenvalue weighted by atomic mass is 16.1. The smallest absolute Gasteiger partial charge is 0.247 e. The molecule has 92 valence electrons. The van der Waals surface area contributed by atoms with Crippen molar-refractivity contribution in [3.8, 4) is 0 Å². The quantitative estimate of drug-likeness (QED) is 0.627. The summed E-state index contributed by atoms with van der Waals surface area (Å²) in [6.45, 7) is 3.34. The second-order valence-corrected chi connectivity index (χ2v) is 3.34. The molecule has 2 aromatic rings. The van der Waals surface area contributed by atoms with Gasteiger partial charge >= 0.3 is 0 Å². The lowest BCUT2D eigenvalue weighted by molar-refractivity contribution is -0.111. The number of nitrogens with zero attached hydrogens (tertiary/aromatic N) is 1. The maximum absolute atomic E-state index is 10.8. The highest BCUT2D eigenvalue weighted by molar-refractivity contribution is 5.98. The highest BCUT2D eigenvalue weighted by Crippen LogP contribution is 2.09. The minimum atomic E-state index is -0.222. The van der Waals surface area contributed by atoms with E-state index in [9.17, 15) is 4.79 Å². The van der Waals surface area contributed by atoms with E-state index in [4.69, 9.17) is 5.73 Å². The van der Waals surface area contributed by atoms with Crippen LogP contribution in [-0.2, 0) is 4.79 Å². The Morgan fingerprint density at radius 2 is 1.78 bits per heavy atom. The first-order valence-corrected chi connectivity index (χ1v) is 5.36. The standard InChI is InChI=1S/C9H10N2O.C5H5N/c1-2-9(12)11-8-5-3-7(10)4-6-8;1-2-4-6-5-3-1/h2-6H,1,10H2,(H,11,12);1-5H. The summed E-state index contributed by atoms with van der Waals surface area (Å²) in [6, 6.07) is 12.6. The number of amides is 1. The lowest BCUT2D eigenvalue weighted by atomic mass is 10.3. The Morgan fingerprint density at radius 1 is 1.17 bits per heavy atom. The van der Waals surface area contributed by atoms with Gasteiger partial charge in [-0.2, -0.15) is 0 Å². The molecule has 0 bridgehead atoms. The Morgan fingerprint density at radius 3 is 2.17 bits per heavy atom. The molecule has 0 atom stereocenters. The summed E-state index contributed by atoms with van der Waals surface area (Å²) in [4.78, 5) is 14.6. The van der Waals surface area contributed by atoms with Gasteiger partial charge in [-0.25, -0.2) is 0 Å². The largest absolute Gasteiger partial charge is 0.399 e. The normalized spacial score (nSPS) is 8.67. The maximum atomic E-state index is 10.8. The Labute approximate surface area is 106 Å². The zero-order valence-electron chi connectivity index (χ0n) is 9.91. The molecule has 1 amide bonds. The van der Waals surface area contributed by atoms with E-state index in [2.05, 4.69) is 16.9 Å². The number of hydrogen-bond acceptors (Lipinski definition) is 3. The Balaban J connectivity index is 0.000000225. The van der Waals surface area contributed by atoms with Gasteiger partial charge in [0.1, 0.15) is 0 Å². The second kappa shape index (κ2) is 7.62. The van der Waals surface area contributed by atoms with Crippen molar-refractivity contribution in [2.75, 3.05) is 11.1 Å². The van der Waals surface area contributed by atoms with Gasteiger partial charge in [0.2, 0.25) is 5.91 Å². The minimum Gasteiger partial charge on any atom is -0.399 e. The predicted octanol–water partition coefficient (Wildman–Crippen LogP) is 2.47. The van der Waals surface area contributed by atoms with Gasteiger partial charge in [0.05, 0.1) is 0 Å². The van der Waals surface area contributed by atoms with E-state index in [1.807, 2.05) is 18.2 Å². The molecular weight excluding hydrogens is 226 g/mol. The molecule has 0 aliphatic heterocycles. The molecule has 3 N–H and O–H groups in total. The van der Waals surface area contributed by atoms with Crippen LogP contribution in [0.4, 0.5) is 11.4 Å². The van der Waals surface area contributed by atoms with E-state index in [-0.39, 0.29) is 5.91 Å². The Bertz CT molecular complexity index is 453. The van der Waals surface area contributed by atoms with Crippen LogP contribution in [0.5, 0.6) is 0 Å². The first kappa shape index (κ1) is 13.4. The van der Waals surface area contributed by atoms with Crippen LogP contribution in [0.3, 0.4) is 0 Å². The number of hydrogen-bond donors (Lipinski definition) is 2. The molecule has 4 nitrogen and oxygen atoms in total. The maximum Gasteiger partial charge on any atom is 0.247 e. The summed E-state index contributed by atoms with van der Waals surface area (Å²) in [6.07, 6.45) is 4.72. The number of pyridine rings is 1. The van der Waals surface area contributed by atoms with Crippen molar-refractivity contribution in [3.63, 3.8) is 0 Å². The zero-order chi connectivity index (χ0) is 13.2. The van der Waals surface area contributed by atoms with Gasteiger partial charge in [0, 0.05) is 23.8 Å². The second-order valence-electron chi connectivity index (χ2n) is 3.34. The number of anilines is 2. The van der Waals surface area contributed by atoms with Gasteiger partial charge in [0.15, 0.2) is 0 Å². The molecule has 1 aromatic heterocycles. The van der Waals surface area contributed by atoms with Crippen LogP contribution in [0.2, 0.25) is 0 Å². The molecule has 2 rings (SSSR count). The summed E-state index contributed by atoms with van der Waals surface area (Å²) in [5.74, 6) is -0.222. The molecule has 0 saturated heterocycles. The molecule has 0 unspecified atom stereocenters. The van der Waals surface area contributed by atoms with E-state index in [0.29, 0.717) is 11.4 Å². The number of nitrogen functional groups attached to an aromatic ring is 1. The van der Waals surface area contributed by atoms with Crippen LogP contribution in [0.15, 0.2) is 67.5 Å². The molecule has 0 radical (unpaired) electrons. The molecule has 0 fully saturated rings. The van der Waals surface area contributed by atoms with Crippen molar-refractivity contribution in [1.82, 2.24) is 4.98 Å². The molecule has 1 heterocycles. The Hall–Kier alpha value is -2.62. The number of carbonyl (C=O) groups excluding carboxylic acids is 1. The van der Waals surface area contributed by atoms with E-state index in [0.717, 1.165) is 0 Å². The van der Waals surface area contributed by atoms with Gasteiger partial charge in [-0.15, -0.1) is 0 Å². The van der Waals surface area contributed by atoms with Crippen molar-refractivity contribution >= 4 is 17.3 Å². The van der Waals surface area contributed by atoms with Crippen LogP contribution in [0.1, 0.15) is 0 Å². The van der Waals surface area contributed by atoms with Crippen molar-refractivity contribution < 1.29 is 4.79 Å². The first-order chi connectivity index (χ1) is 8.72. The van der Waals surface area contributed by atoms with E-state index >= 15 is 0 Å². The van der Waals surface area contributed by atoms with Gasteiger partial charge in [-0.05, 0) is 42.5 Å². The predicted molar refractivity (Wildman–Crippen MR) is 73.9 cm³/mol. The summed E-state index contributed by atoms with van der Waals surface area (Å²) < 4.78 is 0. The number of benzene rings is 1. The molecule has 1 aromatic carbocycles. The number of nitrogens with one attached hydrogen (secondary N) is 1. The lowest BCUT2D eigenvalue weighted by Gasteiger charge is -2.00. The SMILES string of the molecule is C=CC(=O)Nc1ccc(N)cc1.c1ccncc1. The van der Waals surface area contributed by atoms with Crippen LogP contribution < -0.4 is 11.1 Å². The first-order valence-electron chi connectivity index (χ1n) is 5.36. The topological polar surface area (TPSA) is 68.0 Å². The highest BCUT2D eigenvalue weighted by Gasteiger charge is 1.94. The summed E-state index contributed by atoms with van der Waals surface area (Å²) >= 11 is 0. The van der Waals surface area contributed by atoms with E-state index < -0.39 is 0 Å². The summed E-state index contributed by atoms with van der Waals surface area (Å²) in [5, 5.41) is 2.61. The summed E-state index contributed by atoms with van der Waals surface area (Å²) in [7, 11) is 0. The molecule has 4 heteroatoms. The Kier molecular flexibility index (Phi) is 5.69. The lowest BCUT2D eigenvalue weighted by Crippen LogP contribution is -2.06. The van der Waals surface area contributed by atoms with Crippen molar-refractivity contribution in [2.45, 2.75) is 0 Å². The fourth-order valence-corrected chi connectivity index (χ4v) is 1.07. The monoisotopic (exact) mass is 241 g/mol. The van der Waals surface area contributed by atoms with Crippen molar-refractivity contribution in [2.24, 2.45) is 0 Å². The summed E-state index contributed by atoms with van der Waals surface area (Å²) in [5.41, 5.74) is 6.85. The average Bonchev–Trinajstić information content (AvgIpc) is 2.44. The fourth-order valence-electron chi connectivity index (χ4n) is 1.07. The molecular formula is C14H15N3O. The third-order valence-corrected chi connectivity index (χ3v) is 1.93. The van der Waals surface area contributed by atoms with Gasteiger partial charge in [0.25, 0.3) is 0 Å². The number of carbonyl (C=O) groups is 1. The van der Waals surface area contributed by atoms with Crippen LogP contribution in [0, 0.1) is 0 Å². The van der Waals surface area contributed by atoms with Crippen LogP contribution in [0.25, 0.3) is 0 Å². The third kappa shape index (κ3) is 5.46. The molecule has 0 aliphatic rings. The minimum absolute atomic E-state index is 0.222. The van der Waals surface area contributed by atoms with Crippen LogP contribution >= 0.6 is 0 Å². The van der Waals surface area contributed by atoms with Gasteiger partial charge in [-0.1, -0.05) is 12.6 Å². The number of nitrogens with two attached hydrogens (primary N) is 1. The van der Waals surface area contributed by atoms with Crippen LogP contribution in [-0.4, -0.2) is 10.9 Å². The fraction of sp³-hybridized carbons (Fsp3) is 0. The number of rotatable bonds is 2. The van der Waals surface area contributed by atoms with E-state index in [1.165, 1.54) is 6.08 Å². The number of aromatic nitrogens is 1. The zero-order valence-corrected chi connectivity index (χ0v) is 9.91. The molecule has 0 spiro atoms.